The minimum absolute atomic E-state index is 0.439. The predicted octanol–water partition coefficient (Wildman–Crippen LogP) is 1.67. The van der Waals surface area contributed by atoms with Crippen molar-refractivity contribution in [1.82, 2.24) is 0 Å². The minimum Gasteiger partial charge on any atom is -0.480 e. The first-order valence-electron chi connectivity index (χ1n) is 5.36. The summed E-state index contributed by atoms with van der Waals surface area (Å²) in [7, 11) is 0. The van der Waals surface area contributed by atoms with Crippen LogP contribution in [0.4, 0.5) is 5.69 Å². The summed E-state index contributed by atoms with van der Waals surface area (Å²) in [5.74, 6) is 3.38. The molecule has 0 aliphatic carbocycles. The average molecular weight is 247 g/mol. The van der Waals surface area contributed by atoms with E-state index >= 15 is 0 Å². The maximum atomic E-state index is 11.2. The monoisotopic (exact) mass is 247 g/mol. The van der Waals surface area contributed by atoms with Crippen LogP contribution in [-0.4, -0.2) is 35.2 Å². The lowest BCUT2D eigenvalue weighted by molar-refractivity contribution is -0.138. The van der Waals surface area contributed by atoms with E-state index in [1.165, 1.54) is 0 Å². The Morgan fingerprint density at radius 3 is 2.76 bits per heavy atom. The molecule has 1 unspecified atom stereocenters. The fraction of sp³-hybridized carbons (Fsp3) is 0.308. The van der Waals surface area contributed by atoms with Crippen LogP contribution in [0.25, 0.3) is 0 Å². The van der Waals surface area contributed by atoms with Gasteiger partial charge in [-0.15, -0.1) is 6.42 Å². The second kappa shape index (κ2) is 5.15. The van der Waals surface area contributed by atoms with Crippen LogP contribution < -0.4 is 4.90 Å². The molecule has 1 aromatic carbocycles. The van der Waals surface area contributed by atoms with Crippen molar-refractivity contribution in [3.63, 3.8) is 0 Å². The lowest BCUT2D eigenvalue weighted by Gasteiger charge is -2.34. The molecule has 1 heterocycles. The summed E-state index contributed by atoms with van der Waals surface area (Å²) >= 11 is 1.68. The molecule has 1 fully saturated rings. The number of hydrogen-bond donors (Lipinski definition) is 1. The van der Waals surface area contributed by atoms with Crippen molar-refractivity contribution in [2.24, 2.45) is 0 Å². The Morgan fingerprint density at radius 1 is 1.47 bits per heavy atom. The zero-order valence-corrected chi connectivity index (χ0v) is 10.1. The van der Waals surface area contributed by atoms with E-state index < -0.39 is 12.0 Å². The van der Waals surface area contributed by atoms with Crippen molar-refractivity contribution in [3.05, 3.63) is 29.8 Å². The number of carboxylic acids is 1. The summed E-state index contributed by atoms with van der Waals surface area (Å²) in [6, 6.07) is 7.03. The second-order valence-electron chi connectivity index (χ2n) is 3.81. The van der Waals surface area contributed by atoms with Gasteiger partial charge in [-0.05, 0) is 24.3 Å². The second-order valence-corrected chi connectivity index (χ2v) is 4.96. The van der Waals surface area contributed by atoms with Gasteiger partial charge in [-0.2, -0.15) is 11.8 Å². The standard InChI is InChI=1S/C13H13NO2S/c1-2-10-3-5-11(6-4-10)14-7-8-17-9-12(14)13(15)16/h1,3-6,12H,7-9H2,(H,15,16). The molecule has 0 amide bonds. The van der Waals surface area contributed by atoms with Gasteiger partial charge in [-0.25, -0.2) is 4.79 Å². The number of anilines is 1. The Balaban J connectivity index is 2.24. The van der Waals surface area contributed by atoms with Crippen LogP contribution in [-0.2, 0) is 4.79 Å². The molecule has 17 heavy (non-hydrogen) atoms. The first-order valence-corrected chi connectivity index (χ1v) is 6.51. The number of carboxylic acid groups (broad SMARTS) is 1. The highest BCUT2D eigenvalue weighted by Gasteiger charge is 2.28. The van der Waals surface area contributed by atoms with Crippen molar-refractivity contribution in [3.8, 4) is 12.3 Å². The number of carbonyl (C=O) groups is 1. The first-order chi connectivity index (χ1) is 8.22. The molecule has 0 aromatic heterocycles. The van der Waals surface area contributed by atoms with Gasteiger partial charge in [0.05, 0.1) is 0 Å². The van der Waals surface area contributed by atoms with Gasteiger partial charge in [-0.3, -0.25) is 0 Å². The van der Waals surface area contributed by atoms with E-state index in [1.54, 1.807) is 11.8 Å². The zero-order valence-electron chi connectivity index (χ0n) is 9.30. The Bertz CT molecular complexity index is 449. The normalized spacial score (nSPS) is 19.7. The topological polar surface area (TPSA) is 40.5 Å². The summed E-state index contributed by atoms with van der Waals surface area (Å²) in [5.41, 5.74) is 1.74. The number of benzene rings is 1. The van der Waals surface area contributed by atoms with Crippen LogP contribution in [0.2, 0.25) is 0 Å². The molecule has 1 atom stereocenters. The first kappa shape index (κ1) is 11.9. The average Bonchev–Trinajstić information content (AvgIpc) is 2.39. The van der Waals surface area contributed by atoms with Gasteiger partial charge in [0.1, 0.15) is 6.04 Å². The number of nitrogens with zero attached hydrogens (tertiary/aromatic N) is 1. The molecule has 2 rings (SSSR count). The maximum absolute atomic E-state index is 11.2. The number of aliphatic carboxylic acids is 1. The molecule has 0 spiro atoms. The third-order valence-corrected chi connectivity index (χ3v) is 3.80. The smallest absolute Gasteiger partial charge is 0.327 e. The SMILES string of the molecule is C#Cc1ccc(N2CCSCC2C(=O)O)cc1. The van der Waals surface area contributed by atoms with Crippen molar-refractivity contribution in [1.29, 1.82) is 0 Å². The predicted molar refractivity (Wildman–Crippen MR) is 70.5 cm³/mol. The van der Waals surface area contributed by atoms with E-state index in [-0.39, 0.29) is 0 Å². The molecule has 1 aliphatic rings. The van der Waals surface area contributed by atoms with E-state index in [4.69, 9.17) is 6.42 Å². The summed E-state index contributed by atoms with van der Waals surface area (Å²) in [6.07, 6.45) is 5.29. The van der Waals surface area contributed by atoms with Crippen LogP contribution in [0.5, 0.6) is 0 Å². The third kappa shape index (κ3) is 2.56. The largest absolute Gasteiger partial charge is 0.480 e. The van der Waals surface area contributed by atoms with Gasteiger partial charge in [0.15, 0.2) is 0 Å². The molecule has 1 aliphatic heterocycles. The number of rotatable bonds is 2. The molecule has 0 saturated carbocycles. The fourth-order valence-corrected chi connectivity index (χ4v) is 2.90. The molecule has 1 saturated heterocycles. The van der Waals surface area contributed by atoms with E-state index in [2.05, 4.69) is 5.92 Å². The number of terminal acetylenes is 1. The lowest BCUT2D eigenvalue weighted by atomic mass is 10.1. The molecular weight excluding hydrogens is 234 g/mol. The van der Waals surface area contributed by atoms with E-state index in [1.807, 2.05) is 29.2 Å². The van der Waals surface area contributed by atoms with E-state index in [0.29, 0.717) is 5.75 Å². The van der Waals surface area contributed by atoms with Crippen LogP contribution in [0, 0.1) is 12.3 Å². The van der Waals surface area contributed by atoms with Crippen molar-refractivity contribution >= 4 is 23.4 Å². The molecular formula is C13H13NO2S. The maximum Gasteiger partial charge on any atom is 0.327 e. The van der Waals surface area contributed by atoms with Crippen molar-refractivity contribution in [2.75, 3.05) is 23.0 Å². The molecule has 1 N–H and O–H groups in total. The number of hydrogen-bond acceptors (Lipinski definition) is 3. The van der Waals surface area contributed by atoms with Gasteiger partial charge >= 0.3 is 5.97 Å². The lowest BCUT2D eigenvalue weighted by Crippen LogP contribution is -2.47. The summed E-state index contributed by atoms with van der Waals surface area (Å²) in [5, 5.41) is 9.18. The number of thioether (sulfide) groups is 1. The third-order valence-electron chi connectivity index (χ3n) is 2.78. The molecule has 3 nitrogen and oxygen atoms in total. The van der Waals surface area contributed by atoms with Crippen molar-refractivity contribution < 1.29 is 9.90 Å². The molecule has 4 heteroatoms. The minimum atomic E-state index is -0.766. The van der Waals surface area contributed by atoms with Gasteiger partial charge in [-0.1, -0.05) is 5.92 Å². The Labute approximate surface area is 105 Å². The molecule has 88 valence electrons. The summed E-state index contributed by atoms with van der Waals surface area (Å²) < 4.78 is 0. The van der Waals surface area contributed by atoms with Crippen LogP contribution in [0.3, 0.4) is 0 Å². The van der Waals surface area contributed by atoms with Gasteiger partial charge in [0, 0.05) is 29.3 Å². The van der Waals surface area contributed by atoms with Crippen LogP contribution >= 0.6 is 11.8 Å². The Hall–Kier alpha value is -1.60. The molecule has 1 aromatic rings. The van der Waals surface area contributed by atoms with Gasteiger partial charge in [0.25, 0.3) is 0 Å². The van der Waals surface area contributed by atoms with E-state index in [9.17, 15) is 9.90 Å². The highest BCUT2D eigenvalue weighted by Crippen LogP contribution is 2.24. The van der Waals surface area contributed by atoms with Gasteiger partial charge in [0.2, 0.25) is 0 Å². The summed E-state index contributed by atoms with van der Waals surface area (Å²) in [4.78, 5) is 13.1. The Morgan fingerprint density at radius 2 is 2.18 bits per heavy atom. The fourth-order valence-electron chi connectivity index (χ4n) is 1.87. The molecule has 0 radical (unpaired) electrons. The highest BCUT2D eigenvalue weighted by molar-refractivity contribution is 7.99. The van der Waals surface area contributed by atoms with Crippen LogP contribution in [0.1, 0.15) is 5.56 Å². The summed E-state index contributed by atoms with van der Waals surface area (Å²) in [6.45, 7) is 0.761. The van der Waals surface area contributed by atoms with Crippen molar-refractivity contribution in [2.45, 2.75) is 6.04 Å². The van der Waals surface area contributed by atoms with E-state index in [0.717, 1.165) is 23.5 Å². The van der Waals surface area contributed by atoms with Crippen LogP contribution in [0.15, 0.2) is 24.3 Å². The zero-order chi connectivity index (χ0) is 12.3. The van der Waals surface area contributed by atoms with Gasteiger partial charge < -0.3 is 10.0 Å². The highest BCUT2D eigenvalue weighted by atomic mass is 32.2. The quantitative estimate of drug-likeness (QED) is 0.807. The Kier molecular flexibility index (Phi) is 3.60. The molecule has 0 bridgehead atoms.